The predicted octanol–water partition coefficient (Wildman–Crippen LogP) is 0.890. The molecular formula is C7H7ClNO+. The Kier molecular flexibility index (Phi) is 2.02. The molecule has 1 rings (SSSR count). The van der Waals surface area contributed by atoms with Crippen LogP contribution in [0, 0.1) is 0 Å². The summed E-state index contributed by atoms with van der Waals surface area (Å²) in [5.41, 5.74) is 0.520. The van der Waals surface area contributed by atoms with Gasteiger partial charge in [0.25, 0.3) is 5.24 Å². The van der Waals surface area contributed by atoms with Gasteiger partial charge < -0.3 is 0 Å². The fourth-order valence-corrected chi connectivity index (χ4v) is 0.816. The highest BCUT2D eigenvalue weighted by atomic mass is 35.5. The highest BCUT2D eigenvalue weighted by molar-refractivity contribution is 6.67. The van der Waals surface area contributed by atoms with Crippen molar-refractivity contribution in [3.63, 3.8) is 0 Å². The van der Waals surface area contributed by atoms with E-state index in [1.54, 1.807) is 22.9 Å². The maximum Gasteiger partial charge on any atom is 0.258 e. The molecule has 0 unspecified atom stereocenters. The quantitative estimate of drug-likeness (QED) is 0.437. The van der Waals surface area contributed by atoms with Crippen LogP contribution in [0.3, 0.4) is 0 Å². The fourth-order valence-electron chi connectivity index (χ4n) is 0.704. The lowest BCUT2D eigenvalue weighted by molar-refractivity contribution is -0.671. The number of nitrogens with zero attached hydrogens (tertiary/aromatic N) is 1. The van der Waals surface area contributed by atoms with Crippen LogP contribution >= 0.6 is 11.6 Å². The van der Waals surface area contributed by atoms with Crippen molar-refractivity contribution in [2.45, 2.75) is 0 Å². The van der Waals surface area contributed by atoms with Crippen LogP contribution in [0.2, 0.25) is 0 Å². The van der Waals surface area contributed by atoms with E-state index in [4.69, 9.17) is 11.6 Å². The van der Waals surface area contributed by atoms with E-state index in [0.29, 0.717) is 5.56 Å². The summed E-state index contributed by atoms with van der Waals surface area (Å²) in [4.78, 5) is 10.5. The molecule has 1 aromatic heterocycles. The van der Waals surface area contributed by atoms with Gasteiger partial charge in [0.2, 0.25) is 0 Å². The second kappa shape index (κ2) is 2.80. The summed E-state index contributed by atoms with van der Waals surface area (Å²) in [5.74, 6) is 0. The van der Waals surface area contributed by atoms with Gasteiger partial charge in [-0.25, -0.2) is 4.57 Å². The smallest absolute Gasteiger partial charge is 0.258 e. The molecule has 0 amide bonds. The van der Waals surface area contributed by atoms with E-state index in [2.05, 4.69) is 0 Å². The average Bonchev–Trinajstić information content (AvgIpc) is 1.88. The minimum atomic E-state index is -0.420. The Bertz CT molecular complexity index is 260. The third-order valence-corrected chi connectivity index (χ3v) is 1.38. The Labute approximate surface area is 64.1 Å². The second-order valence-electron chi connectivity index (χ2n) is 2.03. The number of aromatic nitrogens is 1. The fraction of sp³-hybridized carbons (Fsp3) is 0.143. The van der Waals surface area contributed by atoms with Crippen LogP contribution in [-0.4, -0.2) is 5.24 Å². The van der Waals surface area contributed by atoms with Gasteiger partial charge in [-0.2, -0.15) is 0 Å². The van der Waals surface area contributed by atoms with E-state index in [0.717, 1.165) is 0 Å². The monoisotopic (exact) mass is 156 g/mol. The van der Waals surface area contributed by atoms with Gasteiger partial charge in [0.05, 0.1) is 5.56 Å². The van der Waals surface area contributed by atoms with Crippen LogP contribution in [0.5, 0.6) is 0 Å². The van der Waals surface area contributed by atoms with Gasteiger partial charge >= 0.3 is 0 Å². The molecule has 2 nitrogen and oxygen atoms in total. The average molecular weight is 157 g/mol. The molecule has 1 heterocycles. The summed E-state index contributed by atoms with van der Waals surface area (Å²) < 4.78 is 1.77. The first-order valence-electron chi connectivity index (χ1n) is 2.85. The number of rotatable bonds is 1. The molecule has 1 aromatic rings. The Morgan fingerprint density at radius 1 is 1.70 bits per heavy atom. The van der Waals surface area contributed by atoms with Crippen LogP contribution in [0.1, 0.15) is 10.4 Å². The van der Waals surface area contributed by atoms with Crippen LogP contribution in [0.15, 0.2) is 24.5 Å². The van der Waals surface area contributed by atoms with Gasteiger partial charge in [0.1, 0.15) is 7.05 Å². The highest BCUT2D eigenvalue weighted by Gasteiger charge is 2.03. The van der Waals surface area contributed by atoms with Crippen molar-refractivity contribution in [1.29, 1.82) is 0 Å². The lowest BCUT2D eigenvalue weighted by Gasteiger charge is -1.88. The van der Waals surface area contributed by atoms with Crippen LogP contribution < -0.4 is 4.57 Å². The molecule has 52 valence electrons. The normalized spacial score (nSPS) is 9.40. The lowest BCUT2D eigenvalue weighted by Crippen LogP contribution is -2.27. The maximum absolute atomic E-state index is 10.5. The molecule has 0 spiro atoms. The Hall–Kier alpha value is -0.890. The van der Waals surface area contributed by atoms with Gasteiger partial charge in [-0.15, -0.1) is 0 Å². The molecule has 0 aliphatic carbocycles. The number of carbonyl (C=O) groups excluding carboxylic acids is 1. The first-order valence-corrected chi connectivity index (χ1v) is 3.23. The van der Waals surface area contributed by atoms with E-state index in [9.17, 15) is 4.79 Å². The summed E-state index contributed by atoms with van der Waals surface area (Å²) >= 11 is 5.22. The first-order chi connectivity index (χ1) is 4.70. The molecule has 0 radical (unpaired) electrons. The zero-order chi connectivity index (χ0) is 7.56. The highest BCUT2D eigenvalue weighted by Crippen LogP contribution is 1.98. The summed E-state index contributed by atoms with van der Waals surface area (Å²) in [6.45, 7) is 0. The third kappa shape index (κ3) is 1.54. The molecule has 0 aliphatic heterocycles. The third-order valence-electron chi connectivity index (χ3n) is 1.17. The molecule has 0 bridgehead atoms. The van der Waals surface area contributed by atoms with Crippen molar-refractivity contribution >= 4 is 16.8 Å². The largest absolute Gasteiger partial charge is 0.275 e. The SMILES string of the molecule is C[n+]1cccc(C(=O)Cl)c1. The van der Waals surface area contributed by atoms with Gasteiger partial charge in [0, 0.05) is 6.07 Å². The van der Waals surface area contributed by atoms with Gasteiger partial charge in [-0.3, -0.25) is 4.79 Å². The predicted molar refractivity (Wildman–Crippen MR) is 37.8 cm³/mol. The molecule has 0 saturated carbocycles. The molecule has 0 saturated heterocycles. The lowest BCUT2D eigenvalue weighted by atomic mass is 10.3. The maximum atomic E-state index is 10.5. The van der Waals surface area contributed by atoms with Crippen molar-refractivity contribution in [2.75, 3.05) is 0 Å². The molecule has 0 atom stereocenters. The Balaban J connectivity index is 3.07. The van der Waals surface area contributed by atoms with Crippen molar-refractivity contribution in [2.24, 2.45) is 7.05 Å². The first kappa shape index (κ1) is 7.22. The van der Waals surface area contributed by atoms with E-state index in [1.165, 1.54) is 0 Å². The zero-order valence-corrected chi connectivity index (χ0v) is 6.30. The number of aryl methyl sites for hydroxylation is 1. The van der Waals surface area contributed by atoms with E-state index < -0.39 is 5.24 Å². The van der Waals surface area contributed by atoms with Crippen molar-refractivity contribution in [3.8, 4) is 0 Å². The van der Waals surface area contributed by atoms with Crippen LogP contribution in [0.4, 0.5) is 0 Å². The summed E-state index contributed by atoms with van der Waals surface area (Å²) in [6, 6.07) is 3.45. The number of carbonyl (C=O) groups is 1. The molecule has 0 N–H and O–H groups in total. The standard InChI is InChI=1S/C7H7ClNO/c1-9-4-2-3-6(5-9)7(8)10/h2-5H,1H3/q+1. The minimum absolute atomic E-state index is 0.420. The van der Waals surface area contributed by atoms with Gasteiger partial charge in [-0.1, -0.05) is 0 Å². The second-order valence-corrected chi connectivity index (χ2v) is 2.38. The molecule has 10 heavy (non-hydrogen) atoms. The van der Waals surface area contributed by atoms with Crippen molar-refractivity contribution in [3.05, 3.63) is 30.1 Å². The Morgan fingerprint density at radius 3 is 2.80 bits per heavy atom. The summed E-state index contributed by atoms with van der Waals surface area (Å²) in [6.07, 6.45) is 3.51. The zero-order valence-electron chi connectivity index (χ0n) is 5.54. The minimum Gasteiger partial charge on any atom is -0.275 e. The summed E-state index contributed by atoms with van der Waals surface area (Å²) in [5, 5.41) is -0.420. The van der Waals surface area contributed by atoms with Gasteiger partial charge in [-0.05, 0) is 17.7 Å². The topological polar surface area (TPSA) is 20.9 Å². The number of hydrogen-bond acceptors (Lipinski definition) is 1. The molecule has 0 aromatic carbocycles. The Morgan fingerprint density at radius 2 is 2.40 bits per heavy atom. The van der Waals surface area contributed by atoms with Gasteiger partial charge in [0.15, 0.2) is 12.4 Å². The van der Waals surface area contributed by atoms with Crippen LogP contribution in [-0.2, 0) is 7.05 Å². The van der Waals surface area contributed by atoms with E-state index >= 15 is 0 Å². The molecule has 3 heteroatoms. The number of hydrogen-bond donors (Lipinski definition) is 0. The van der Waals surface area contributed by atoms with Crippen LogP contribution in [0.25, 0.3) is 0 Å². The number of pyridine rings is 1. The van der Waals surface area contributed by atoms with Crippen molar-refractivity contribution in [1.82, 2.24) is 0 Å². The molecular weight excluding hydrogens is 150 g/mol. The van der Waals surface area contributed by atoms with E-state index in [1.807, 2.05) is 13.2 Å². The molecule has 0 fully saturated rings. The summed E-state index contributed by atoms with van der Waals surface area (Å²) in [7, 11) is 1.84. The molecule has 0 aliphatic rings. The van der Waals surface area contributed by atoms with E-state index in [-0.39, 0.29) is 0 Å². The number of halogens is 1. The van der Waals surface area contributed by atoms with Crippen molar-refractivity contribution < 1.29 is 9.36 Å².